The van der Waals surface area contributed by atoms with Crippen molar-refractivity contribution in [1.29, 1.82) is 0 Å². The van der Waals surface area contributed by atoms with Gasteiger partial charge in [-0.3, -0.25) is 4.79 Å². The molecule has 0 unspecified atom stereocenters. The number of benzene rings is 2. The molecule has 0 aliphatic rings. The molecule has 0 saturated heterocycles. The van der Waals surface area contributed by atoms with Crippen molar-refractivity contribution < 1.29 is 22.7 Å². The zero-order valence-corrected chi connectivity index (χ0v) is 13.8. The van der Waals surface area contributed by atoms with Crippen LogP contribution < -0.4 is 10.2 Å². The molecule has 0 radical (unpaired) electrons. The third-order valence-electron chi connectivity index (χ3n) is 3.14. The number of nitrogens with zero attached hydrogens (tertiary/aromatic N) is 1. The molecule has 4 nitrogen and oxygen atoms in total. The highest BCUT2D eigenvalue weighted by atomic mass is 35.5. The van der Waals surface area contributed by atoms with E-state index < -0.39 is 23.8 Å². The van der Waals surface area contributed by atoms with Gasteiger partial charge in [0.05, 0.1) is 11.8 Å². The minimum atomic E-state index is -4.50. The first-order valence-electron chi connectivity index (χ1n) is 7.19. The zero-order valence-electron chi connectivity index (χ0n) is 13.0. The molecule has 1 amide bonds. The van der Waals surface area contributed by atoms with Crippen LogP contribution in [0.2, 0.25) is 5.02 Å². The van der Waals surface area contributed by atoms with Gasteiger partial charge in [-0.15, -0.1) is 0 Å². The van der Waals surface area contributed by atoms with E-state index in [2.05, 4.69) is 10.5 Å². The number of hydrogen-bond acceptors (Lipinski definition) is 3. The van der Waals surface area contributed by atoms with Gasteiger partial charge in [-0.1, -0.05) is 29.8 Å². The molecule has 0 saturated carbocycles. The van der Waals surface area contributed by atoms with Gasteiger partial charge in [0.15, 0.2) is 6.10 Å². The monoisotopic (exact) mass is 370 g/mol. The Kier molecular flexibility index (Phi) is 6.03. The smallest absolute Gasteiger partial charge is 0.417 e. The van der Waals surface area contributed by atoms with Crippen LogP contribution in [0.5, 0.6) is 5.75 Å². The van der Waals surface area contributed by atoms with Gasteiger partial charge in [0.25, 0.3) is 5.91 Å². The van der Waals surface area contributed by atoms with Gasteiger partial charge in [0.2, 0.25) is 0 Å². The minimum absolute atomic E-state index is 0.151. The Morgan fingerprint density at radius 3 is 2.48 bits per heavy atom. The summed E-state index contributed by atoms with van der Waals surface area (Å²) < 4.78 is 44.0. The van der Waals surface area contributed by atoms with Crippen molar-refractivity contribution in [2.24, 2.45) is 5.10 Å². The maximum atomic E-state index is 12.9. The lowest BCUT2D eigenvalue weighted by Gasteiger charge is -2.13. The van der Waals surface area contributed by atoms with Gasteiger partial charge in [0, 0.05) is 10.6 Å². The normalized spacial score (nSPS) is 12.8. The lowest BCUT2D eigenvalue weighted by atomic mass is 10.1. The van der Waals surface area contributed by atoms with Crippen LogP contribution in [0.15, 0.2) is 53.6 Å². The van der Waals surface area contributed by atoms with Crippen molar-refractivity contribution in [2.75, 3.05) is 0 Å². The SMILES string of the molecule is C[C@@H](Oc1ccc(Cl)cc1)C(=O)N/N=C\c1ccccc1C(F)(F)F. The third-order valence-corrected chi connectivity index (χ3v) is 3.39. The average molecular weight is 371 g/mol. The minimum Gasteiger partial charge on any atom is -0.481 e. The molecule has 0 aliphatic heterocycles. The van der Waals surface area contributed by atoms with Crippen molar-refractivity contribution in [3.8, 4) is 5.75 Å². The summed E-state index contributed by atoms with van der Waals surface area (Å²) in [6.07, 6.45) is -4.45. The maximum absolute atomic E-state index is 12.9. The highest BCUT2D eigenvalue weighted by molar-refractivity contribution is 6.30. The molecule has 0 bridgehead atoms. The number of nitrogens with one attached hydrogen (secondary N) is 1. The van der Waals surface area contributed by atoms with E-state index in [1.54, 1.807) is 24.3 Å². The second-order valence-electron chi connectivity index (χ2n) is 5.03. The molecule has 1 atom stereocenters. The molecular weight excluding hydrogens is 357 g/mol. The van der Waals surface area contributed by atoms with Crippen LogP contribution in [0, 0.1) is 0 Å². The highest BCUT2D eigenvalue weighted by Gasteiger charge is 2.32. The fraction of sp³-hybridized carbons (Fsp3) is 0.176. The largest absolute Gasteiger partial charge is 0.481 e. The maximum Gasteiger partial charge on any atom is 0.417 e. The molecule has 0 aromatic heterocycles. The van der Waals surface area contributed by atoms with E-state index in [-0.39, 0.29) is 5.56 Å². The number of carbonyl (C=O) groups excluding carboxylic acids is 1. The summed E-state index contributed by atoms with van der Waals surface area (Å²) in [6, 6.07) is 11.3. The molecule has 0 heterocycles. The van der Waals surface area contributed by atoms with E-state index >= 15 is 0 Å². The Morgan fingerprint density at radius 1 is 1.20 bits per heavy atom. The van der Waals surface area contributed by atoms with E-state index in [1.807, 2.05) is 0 Å². The van der Waals surface area contributed by atoms with Crippen LogP contribution in [0.25, 0.3) is 0 Å². The summed E-state index contributed by atoms with van der Waals surface area (Å²) in [4.78, 5) is 11.9. The Balaban J connectivity index is 1.97. The van der Waals surface area contributed by atoms with Gasteiger partial charge in [-0.2, -0.15) is 18.3 Å². The van der Waals surface area contributed by atoms with E-state index in [0.29, 0.717) is 10.8 Å². The number of hydrogen-bond donors (Lipinski definition) is 1. The van der Waals surface area contributed by atoms with E-state index in [1.165, 1.54) is 25.1 Å². The topological polar surface area (TPSA) is 50.7 Å². The number of amides is 1. The van der Waals surface area contributed by atoms with Crippen LogP contribution in [0.1, 0.15) is 18.1 Å². The lowest BCUT2D eigenvalue weighted by molar-refractivity contribution is -0.137. The van der Waals surface area contributed by atoms with Gasteiger partial charge in [-0.25, -0.2) is 5.43 Å². The fourth-order valence-corrected chi connectivity index (χ4v) is 2.02. The number of ether oxygens (including phenoxy) is 1. The summed E-state index contributed by atoms with van der Waals surface area (Å²) in [5, 5.41) is 4.09. The van der Waals surface area contributed by atoms with Gasteiger partial charge < -0.3 is 4.74 Å². The summed E-state index contributed by atoms with van der Waals surface area (Å²) in [5.41, 5.74) is 1.17. The van der Waals surface area contributed by atoms with Crippen molar-refractivity contribution in [3.63, 3.8) is 0 Å². The standard InChI is InChI=1S/C17H14ClF3N2O2/c1-11(25-14-8-6-13(18)7-9-14)16(24)23-22-10-12-4-2-3-5-15(12)17(19,20)21/h2-11H,1H3,(H,23,24)/b22-10-/t11-/m1/s1. The number of rotatable bonds is 5. The molecule has 2 aromatic rings. The molecular formula is C17H14ClF3N2O2. The molecule has 25 heavy (non-hydrogen) atoms. The summed E-state index contributed by atoms with van der Waals surface area (Å²) >= 11 is 5.75. The molecule has 8 heteroatoms. The van der Waals surface area contributed by atoms with Gasteiger partial charge >= 0.3 is 6.18 Å². The Hall–Kier alpha value is -2.54. The van der Waals surface area contributed by atoms with E-state index in [4.69, 9.17) is 16.3 Å². The second kappa shape index (κ2) is 8.02. The van der Waals surface area contributed by atoms with E-state index in [0.717, 1.165) is 12.3 Å². The Bertz CT molecular complexity index is 761. The lowest BCUT2D eigenvalue weighted by Crippen LogP contribution is -2.33. The molecule has 132 valence electrons. The highest BCUT2D eigenvalue weighted by Crippen LogP contribution is 2.31. The molecule has 1 N–H and O–H groups in total. The molecule has 0 aliphatic carbocycles. The van der Waals surface area contributed by atoms with Crippen LogP contribution in [-0.4, -0.2) is 18.2 Å². The van der Waals surface area contributed by atoms with Crippen molar-refractivity contribution in [2.45, 2.75) is 19.2 Å². The first-order valence-corrected chi connectivity index (χ1v) is 7.56. The average Bonchev–Trinajstić information content (AvgIpc) is 2.56. The first-order chi connectivity index (χ1) is 11.8. The molecule has 2 aromatic carbocycles. The van der Waals surface area contributed by atoms with Gasteiger partial charge in [0.1, 0.15) is 5.75 Å². The summed E-state index contributed by atoms with van der Waals surface area (Å²) in [6.45, 7) is 1.49. The number of carbonyl (C=O) groups is 1. The van der Waals surface area contributed by atoms with Crippen molar-refractivity contribution in [1.82, 2.24) is 5.43 Å². The zero-order chi connectivity index (χ0) is 18.4. The van der Waals surface area contributed by atoms with Gasteiger partial charge in [-0.05, 0) is 37.3 Å². The summed E-state index contributed by atoms with van der Waals surface area (Å²) in [7, 11) is 0. The van der Waals surface area contributed by atoms with Crippen molar-refractivity contribution >= 4 is 23.7 Å². The quantitative estimate of drug-likeness (QED) is 0.631. The van der Waals surface area contributed by atoms with Crippen LogP contribution in [-0.2, 0) is 11.0 Å². The molecule has 2 rings (SSSR count). The van der Waals surface area contributed by atoms with E-state index in [9.17, 15) is 18.0 Å². The summed E-state index contributed by atoms with van der Waals surface area (Å²) in [5.74, 6) is -0.172. The first kappa shape index (κ1) is 18.8. The second-order valence-corrected chi connectivity index (χ2v) is 5.47. The molecule has 0 spiro atoms. The predicted octanol–water partition coefficient (Wildman–Crippen LogP) is 4.28. The number of alkyl halides is 3. The Morgan fingerprint density at radius 2 is 1.84 bits per heavy atom. The van der Waals surface area contributed by atoms with Crippen LogP contribution >= 0.6 is 11.6 Å². The molecule has 0 fully saturated rings. The van der Waals surface area contributed by atoms with Crippen LogP contribution in [0.3, 0.4) is 0 Å². The predicted molar refractivity (Wildman–Crippen MR) is 88.7 cm³/mol. The Labute approximate surface area is 147 Å². The fourth-order valence-electron chi connectivity index (χ4n) is 1.89. The number of hydrazone groups is 1. The number of halogens is 4. The van der Waals surface area contributed by atoms with Crippen molar-refractivity contribution in [3.05, 3.63) is 64.7 Å². The van der Waals surface area contributed by atoms with Crippen LogP contribution in [0.4, 0.5) is 13.2 Å². The third kappa shape index (κ3) is 5.49.